The van der Waals surface area contributed by atoms with Crippen LogP contribution in [0.1, 0.15) is 22.7 Å². The molecule has 3 aromatic rings. The minimum absolute atomic E-state index is 0.0989. The molecule has 31 heavy (non-hydrogen) atoms. The van der Waals surface area contributed by atoms with Gasteiger partial charge in [0, 0.05) is 0 Å². The number of ether oxygens (including phenoxy) is 2. The van der Waals surface area contributed by atoms with E-state index in [1.165, 1.54) is 19.2 Å². The zero-order chi connectivity index (χ0) is 22.1. The molecule has 1 amide bonds. The second-order valence-corrected chi connectivity index (χ2v) is 7.03. The highest BCUT2D eigenvalue weighted by Gasteiger charge is 2.17. The Hall–Kier alpha value is -3.67. The first-order valence-corrected chi connectivity index (χ1v) is 9.91. The molecule has 0 aliphatic rings. The third kappa shape index (κ3) is 6.67. The first kappa shape index (κ1) is 22.0. The Kier molecular flexibility index (Phi) is 7.76. The molecule has 0 saturated heterocycles. The molecule has 160 valence electrons. The van der Waals surface area contributed by atoms with Crippen molar-refractivity contribution >= 4 is 11.9 Å². The molecule has 0 saturated carbocycles. The van der Waals surface area contributed by atoms with Crippen molar-refractivity contribution < 1.29 is 23.5 Å². The fourth-order valence-corrected chi connectivity index (χ4v) is 3.21. The molecule has 0 fully saturated rings. The first-order chi connectivity index (χ1) is 15.0. The molecular weight excluding hydrogens is 397 g/mol. The summed E-state index contributed by atoms with van der Waals surface area (Å²) >= 11 is 0. The Bertz CT molecular complexity index is 1010. The van der Waals surface area contributed by atoms with Gasteiger partial charge in [-0.25, -0.2) is 4.39 Å². The number of rotatable bonds is 9. The Balaban J connectivity index is 1.56. The highest BCUT2D eigenvalue weighted by molar-refractivity contribution is 5.81. The second-order valence-electron chi connectivity index (χ2n) is 7.03. The minimum Gasteiger partial charge on any atom is -0.494 e. The van der Waals surface area contributed by atoms with Gasteiger partial charge in [-0.3, -0.25) is 9.59 Å². The van der Waals surface area contributed by atoms with Gasteiger partial charge in [-0.05, 0) is 35.2 Å². The Labute approximate surface area is 180 Å². The van der Waals surface area contributed by atoms with Crippen LogP contribution in [0.15, 0.2) is 78.9 Å². The monoisotopic (exact) mass is 421 g/mol. The molecule has 1 N–H and O–H groups in total. The number of methoxy groups -OCH3 is 1. The number of benzene rings is 3. The molecule has 0 bridgehead atoms. The van der Waals surface area contributed by atoms with Gasteiger partial charge in [0.2, 0.25) is 0 Å². The van der Waals surface area contributed by atoms with Crippen LogP contribution >= 0.6 is 0 Å². The third-order valence-corrected chi connectivity index (χ3v) is 4.75. The topological polar surface area (TPSA) is 64.6 Å². The number of carbonyl (C=O) groups is 2. The summed E-state index contributed by atoms with van der Waals surface area (Å²) in [6.45, 7) is -0.407. The van der Waals surface area contributed by atoms with Crippen LogP contribution in [-0.4, -0.2) is 25.6 Å². The van der Waals surface area contributed by atoms with Gasteiger partial charge in [0.25, 0.3) is 5.91 Å². The smallest absolute Gasteiger partial charge is 0.310 e. The van der Waals surface area contributed by atoms with Gasteiger partial charge in [0.15, 0.2) is 18.2 Å². The second kappa shape index (κ2) is 10.9. The summed E-state index contributed by atoms with van der Waals surface area (Å²) in [4.78, 5) is 24.5. The molecule has 0 spiro atoms. The van der Waals surface area contributed by atoms with Crippen molar-refractivity contribution in [3.63, 3.8) is 0 Å². The molecule has 0 unspecified atom stereocenters. The van der Waals surface area contributed by atoms with Crippen LogP contribution in [0, 0.1) is 5.82 Å². The van der Waals surface area contributed by atoms with E-state index in [4.69, 9.17) is 9.47 Å². The predicted molar refractivity (Wildman–Crippen MR) is 115 cm³/mol. The molecule has 0 aromatic heterocycles. The number of amides is 1. The largest absolute Gasteiger partial charge is 0.494 e. The van der Waals surface area contributed by atoms with Gasteiger partial charge in [0.1, 0.15) is 0 Å². The Morgan fingerprint density at radius 1 is 0.935 bits per heavy atom. The number of hydrogen-bond acceptors (Lipinski definition) is 4. The van der Waals surface area contributed by atoms with E-state index in [0.29, 0.717) is 12.0 Å². The standard InChI is InChI=1S/C25H24FNO4/c1-30-23-13-12-19(14-21(23)26)16-25(29)31-17-24(28)27-22(20-10-6-3-7-11-20)15-18-8-4-2-5-9-18/h2-14,22H,15-17H2,1H3,(H,27,28)/t22-/m1/s1. The molecule has 6 heteroatoms. The molecule has 0 aliphatic carbocycles. The van der Waals surface area contributed by atoms with Crippen LogP contribution in [0.25, 0.3) is 0 Å². The van der Waals surface area contributed by atoms with Crippen molar-refractivity contribution in [2.45, 2.75) is 18.9 Å². The van der Waals surface area contributed by atoms with Gasteiger partial charge in [-0.2, -0.15) is 0 Å². The molecule has 5 nitrogen and oxygen atoms in total. The highest BCUT2D eigenvalue weighted by Crippen LogP contribution is 2.19. The van der Waals surface area contributed by atoms with Gasteiger partial charge in [-0.15, -0.1) is 0 Å². The molecule has 0 radical (unpaired) electrons. The number of nitrogens with one attached hydrogen (secondary N) is 1. The van der Waals surface area contributed by atoms with Crippen LogP contribution in [0.5, 0.6) is 5.75 Å². The van der Waals surface area contributed by atoms with Crippen molar-refractivity contribution in [1.29, 1.82) is 0 Å². The lowest BCUT2D eigenvalue weighted by Crippen LogP contribution is -2.33. The van der Waals surface area contributed by atoms with Crippen LogP contribution < -0.4 is 10.1 Å². The lowest BCUT2D eigenvalue weighted by Gasteiger charge is -2.19. The maximum atomic E-state index is 13.8. The quantitative estimate of drug-likeness (QED) is 0.530. The van der Waals surface area contributed by atoms with Crippen molar-refractivity contribution in [2.24, 2.45) is 0 Å². The van der Waals surface area contributed by atoms with E-state index in [0.717, 1.165) is 11.1 Å². The van der Waals surface area contributed by atoms with Crippen LogP contribution in [0.4, 0.5) is 4.39 Å². The summed E-state index contributed by atoms with van der Waals surface area (Å²) in [5.74, 6) is -1.47. The molecule has 3 aromatic carbocycles. The van der Waals surface area contributed by atoms with Gasteiger partial charge in [0.05, 0.1) is 19.6 Å². The first-order valence-electron chi connectivity index (χ1n) is 9.91. The fraction of sp³-hybridized carbons (Fsp3) is 0.200. The SMILES string of the molecule is COc1ccc(CC(=O)OCC(=O)N[C@H](Cc2ccccc2)c2ccccc2)cc1F. The Morgan fingerprint density at radius 2 is 1.61 bits per heavy atom. The maximum absolute atomic E-state index is 13.8. The van der Waals surface area contributed by atoms with Crippen molar-refractivity contribution in [1.82, 2.24) is 5.32 Å². The van der Waals surface area contributed by atoms with E-state index >= 15 is 0 Å². The molecule has 1 atom stereocenters. The van der Waals surface area contributed by atoms with Crippen LogP contribution in [-0.2, 0) is 27.2 Å². The zero-order valence-electron chi connectivity index (χ0n) is 17.2. The third-order valence-electron chi connectivity index (χ3n) is 4.75. The van der Waals surface area contributed by atoms with E-state index in [2.05, 4.69) is 5.32 Å². The summed E-state index contributed by atoms with van der Waals surface area (Å²) in [6.07, 6.45) is 0.468. The predicted octanol–water partition coefficient (Wildman–Crippen LogP) is 4.02. The van der Waals surface area contributed by atoms with E-state index in [1.54, 1.807) is 6.07 Å². The van der Waals surface area contributed by atoms with Crippen molar-refractivity contribution in [3.05, 3.63) is 101 Å². The van der Waals surface area contributed by atoms with E-state index < -0.39 is 24.3 Å². The van der Waals surface area contributed by atoms with E-state index in [1.807, 2.05) is 60.7 Å². The fourth-order valence-electron chi connectivity index (χ4n) is 3.21. The van der Waals surface area contributed by atoms with Crippen molar-refractivity contribution in [2.75, 3.05) is 13.7 Å². The summed E-state index contributed by atoms with van der Waals surface area (Å²) in [7, 11) is 1.37. The average molecular weight is 421 g/mol. The van der Waals surface area contributed by atoms with Crippen LogP contribution in [0.2, 0.25) is 0 Å². The highest BCUT2D eigenvalue weighted by atomic mass is 19.1. The molecule has 3 rings (SSSR count). The summed E-state index contributed by atoms with van der Waals surface area (Å²) in [5.41, 5.74) is 2.48. The average Bonchev–Trinajstić information content (AvgIpc) is 2.79. The Morgan fingerprint density at radius 3 is 2.26 bits per heavy atom. The number of hydrogen-bond donors (Lipinski definition) is 1. The zero-order valence-corrected chi connectivity index (χ0v) is 17.2. The molecule has 0 heterocycles. The summed E-state index contributed by atoms with van der Waals surface area (Å²) < 4.78 is 23.7. The van der Waals surface area contributed by atoms with E-state index in [-0.39, 0.29) is 18.2 Å². The normalized spacial score (nSPS) is 11.4. The number of esters is 1. The summed E-state index contributed by atoms with van der Waals surface area (Å²) in [6, 6.07) is 23.4. The minimum atomic E-state index is -0.612. The number of carbonyl (C=O) groups excluding carboxylic acids is 2. The van der Waals surface area contributed by atoms with Gasteiger partial charge in [-0.1, -0.05) is 66.7 Å². The summed E-state index contributed by atoms with van der Waals surface area (Å²) in [5, 5.41) is 2.93. The van der Waals surface area contributed by atoms with E-state index in [9.17, 15) is 14.0 Å². The van der Waals surface area contributed by atoms with Crippen molar-refractivity contribution in [3.8, 4) is 5.75 Å². The van der Waals surface area contributed by atoms with Gasteiger partial charge < -0.3 is 14.8 Å². The lowest BCUT2D eigenvalue weighted by molar-refractivity contribution is -0.148. The maximum Gasteiger partial charge on any atom is 0.310 e. The van der Waals surface area contributed by atoms with Gasteiger partial charge >= 0.3 is 5.97 Å². The number of halogens is 1. The van der Waals surface area contributed by atoms with Crippen LogP contribution in [0.3, 0.4) is 0 Å². The molecule has 0 aliphatic heterocycles. The lowest BCUT2D eigenvalue weighted by atomic mass is 9.99. The molecular formula is C25H24FNO4.